The molecule has 0 spiro atoms. The largest absolute Gasteiger partial charge is 0.444 e. The van der Waals surface area contributed by atoms with Gasteiger partial charge in [0.2, 0.25) is 0 Å². The number of halogens is 1. The van der Waals surface area contributed by atoms with Crippen LogP contribution in [0.2, 0.25) is 0 Å². The summed E-state index contributed by atoms with van der Waals surface area (Å²) in [7, 11) is -3.59. The molecule has 0 aliphatic carbocycles. The number of amides is 1. The average Bonchev–Trinajstić information content (AvgIpc) is 2.84. The van der Waals surface area contributed by atoms with E-state index in [9.17, 15) is 17.6 Å². The minimum Gasteiger partial charge on any atom is -0.444 e. The standard InChI is InChI=1S/C16H22FNO4S/c1-16(2,3)22-15(19)18-10-4-5-13(18)11-23(20,21)14-8-6-12(17)7-9-14/h6-9,13H,4-5,10-11H2,1-3H3/t13-/m0/s1. The van der Waals surface area contributed by atoms with Gasteiger partial charge >= 0.3 is 6.09 Å². The van der Waals surface area contributed by atoms with Crippen molar-refractivity contribution in [2.75, 3.05) is 12.3 Å². The lowest BCUT2D eigenvalue weighted by Crippen LogP contribution is -2.42. The average molecular weight is 343 g/mol. The lowest BCUT2D eigenvalue weighted by Gasteiger charge is -2.28. The minimum atomic E-state index is -3.59. The lowest BCUT2D eigenvalue weighted by atomic mass is 10.2. The first-order valence-corrected chi connectivity index (χ1v) is 9.22. The Kier molecular flexibility index (Phi) is 4.98. The Hall–Kier alpha value is -1.63. The summed E-state index contributed by atoms with van der Waals surface area (Å²) in [6.07, 6.45) is 0.858. The Morgan fingerprint density at radius 2 is 1.91 bits per heavy atom. The van der Waals surface area contributed by atoms with Crippen LogP contribution in [-0.2, 0) is 14.6 Å². The Bertz CT molecular complexity index is 664. The van der Waals surface area contributed by atoms with Gasteiger partial charge in [-0.2, -0.15) is 0 Å². The third-order valence-corrected chi connectivity index (χ3v) is 5.40. The van der Waals surface area contributed by atoms with Crippen molar-refractivity contribution in [1.29, 1.82) is 0 Å². The normalized spacial score (nSPS) is 19.0. The molecule has 1 heterocycles. The zero-order valence-corrected chi connectivity index (χ0v) is 14.4. The van der Waals surface area contributed by atoms with E-state index in [0.29, 0.717) is 13.0 Å². The zero-order chi connectivity index (χ0) is 17.3. The number of hydrogen-bond donors (Lipinski definition) is 0. The van der Waals surface area contributed by atoms with Gasteiger partial charge in [0.15, 0.2) is 9.84 Å². The van der Waals surface area contributed by atoms with Crippen molar-refractivity contribution in [2.24, 2.45) is 0 Å². The molecule has 1 fully saturated rings. The number of carbonyl (C=O) groups is 1. The number of ether oxygens (including phenoxy) is 1. The number of hydrogen-bond acceptors (Lipinski definition) is 4. The number of benzene rings is 1. The van der Waals surface area contributed by atoms with Crippen LogP contribution in [-0.4, -0.2) is 43.4 Å². The number of rotatable bonds is 3. The SMILES string of the molecule is CC(C)(C)OC(=O)N1CCC[C@H]1CS(=O)(=O)c1ccc(F)cc1. The number of sulfone groups is 1. The van der Waals surface area contributed by atoms with Crippen LogP contribution in [0, 0.1) is 5.82 Å². The van der Waals surface area contributed by atoms with E-state index in [1.807, 2.05) is 0 Å². The quantitative estimate of drug-likeness (QED) is 0.792. The third-order valence-electron chi connectivity index (χ3n) is 3.59. The number of nitrogens with zero attached hydrogens (tertiary/aromatic N) is 1. The van der Waals surface area contributed by atoms with Crippen molar-refractivity contribution < 1.29 is 22.3 Å². The summed E-state index contributed by atoms with van der Waals surface area (Å²) in [5, 5.41) is 0. The van der Waals surface area contributed by atoms with Crippen molar-refractivity contribution in [3.63, 3.8) is 0 Å². The van der Waals surface area contributed by atoms with Crippen LogP contribution in [0.1, 0.15) is 33.6 Å². The van der Waals surface area contributed by atoms with Crippen molar-refractivity contribution >= 4 is 15.9 Å². The minimum absolute atomic E-state index is 0.0648. The van der Waals surface area contributed by atoms with Crippen molar-refractivity contribution in [2.45, 2.75) is 50.2 Å². The maximum absolute atomic E-state index is 12.9. The van der Waals surface area contributed by atoms with Crippen molar-refractivity contribution in [3.05, 3.63) is 30.1 Å². The van der Waals surface area contributed by atoms with Gasteiger partial charge in [-0.15, -0.1) is 0 Å². The van der Waals surface area contributed by atoms with E-state index in [1.165, 1.54) is 17.0 Å². The zero-order valence-electron chi connectivity index (χ0n) is 13.6. The van der Waals surface area contributed by atoms with E-state index in [-0.39, 0.29) is 10.6 Å². The van der Waals surface area contributed by atoms with Gasteiger partial charge in [-0.1, -0.05) is 0 Å². The second-order valence-electron chi connectivity index (χ2n) is 6.71. The van der Waals surface area contributed by atoms with Crippen LogP contribution in [0.3, 0.4) is 0 Å². The molecule has 1 aromatic rings. The van der Waals surface area contributed by atoms with Crippen LogP contribution in [0.5, 0.6) is 0 Å². The second-order valence-corrected chi connectivity index (χ2v) is 8.74. The van der Waals surface area contributed by atoms with Gasteiger partial charge in [0.25, 0.3) is 0 Å². The molecule has 1 aliphatic rings. The van der Waals surface area contributed by atoms with Crippen molar-refractivity contribution in [1.82, 2.24) is 4.90 Å². The molecule has 128 valence electrons. The summed E-state index contributed by atoms with van der Waals surface area (Å²) in [6, 6.07) is 4.31. The van der Waals surface area contributed by atoms with Crippen LogP contribution in [0.15, 0.2) is 29.2 Å². The highest BCUT2D eigenvalue weighted by Crippen LogP contribution is 2.24. The summed E-state index contributed by atoms with van der Waals surface area (Å²) in [5.41, 5.74) is -0.625. The molecule has 1 aromatic carbocycles. The molecule has 1 saturated heterocycles. The summed E-state index contributed by atoms with van der Waals surface area (Å²) in [4.78, 5) is 13.7. The highest BCUT2D eigenvalue weighted by atomic mass is 32.2. The Balaban J connectivity index is 2.11. The monoisotopic (exact) mass is 343 g/mol. The van der Waals surface area contributed by atoms with E-state index >= 15 is 0 Å². The molecular formula is C16H22FNO4S. The molecule has 0 unspecified atom stereocenters. The molecule has 0 saturated carbocycles. The topological polar surface area (TPSA) is 63.7 Å². The van der Waals surface area contributed by atoms with Gasteiger partial charge in [0, 0.05) is 12.6 Å². The molecule has 5 nitrogen and oxygen atoms in total. The Labute approximate surface area is 136 Å². The van der Waals surface area contributed by atoms with Crippen LogP contribution < -0.4 is 0 Å². The molecule has 7 heteroatoms. The predicted octanol–water partition coefficient (Wildman–Crippen LogP) is 3.00. The third kappa shape index (κ3) is 4.67. The molecule has 2 rings (SSSR count). The number of likely N-dealkylation sites (tertiary alicyclic amines) is 1. The van der Waals surface area contributed by atoms with Gasteiger partial charge < -0.3 is 9.64 Å². The van der Waals surface area contributed by atoms with E-state index in [2.05, 4.69) is 0 Å². The highest BCUT2D eigenvalue weighted by molar-refractivity contribution is 7.91. The van der Waals surface area contributed by atoms with E-state index < -0.39 is 33.4 Å². The number of carbonyl (C=O) groups excluding carboxylic acids is 1. The molecular weight excluding hydrogens is 321 g/mol. The van der Waals surface area contributed by atoms with Gasteiger partial charge in [-0.25, -0.2) is 17.6 Å². The molecule has 0 N–H and O–H groups in total. The highest BCUT2D eigenvalue weighted by Gasteiger charge is 2.35. The fraction of sp³-hybridized carbons (Fsp3) is 0.562. The van der Waals surface area contributed by atoms with E-state index in [4.69, 9.17) is 4.74 Å². The molecule has 0 bridgehead atoms. The van der Waals surface area contributed by atoms with Gasteiger partial charge in [-0.3, -0.25) is 0 Å². The second kappa shape index (κ2) is 6.47. The Morgan fingerprint density at radius 1 is 1.30 bits per heavy atom. The van der Waals surface area contributed by atoms with E-state index in [1.54, 1.807) is 20.8 Å². The van der Waals surface area contributed by atoms with Gasteiger partial charge in [0.05, 0.1) is 10.6 Å². The van der Waals surface area contributed by atoms with Crippen LogP contribution >= 0.6 is 0 Å². The maximum atomic E-state index is 12.9. The van der Waals surface area contributed by atoms with Crippen LogP contribution in [0.25, 0.3) is 0 Å². The lowest BCUT2D eigenvalue weighted by molar-refractivity contribution is 0.0241. The molecule has 0 aromatic heterocycles. The smallest absolute Gasteiger partial charge is 0.410 e. The fourth-order valence-corrected chi connectivity index (χ4v) is 4.16. The molecule has 1 atom stereocenters. The molecule has 1 amide bonds. The predicted molar refractivity (Wildman–Crippen MR) is 84.4 cm³/mol. The molecule has 1 aliphatic heterocycles. The summed E-state index contributed by atoms with van der Waals surface area (Å²) in [6.45, 7) is 5.79. The fourth-order valence-electron chi connectivity index (χ4n) is 2.56. The van der Waals surface area contributed by atoms with Gasteiger partial charge in [0.1, 0.15) is 11.4 Å². The van der Waals surface area contributed by atoms with Crippen LogP contribution in [0.4, 0.5) is 9.18 Å². The summed E-state index contributed by atoms with van der Waals surface area (Å²) in [5.74, 6) is -0.669. The van der Waals surface area contributed by atoms with E-state index in [0.717, 1.165) is 18.6 Å². The summed E-state index contributed by atoms with van der Waals surface area (Å²) < 4.78 is 43.2. The first-order valence-electron chi connectivity index (χ1n) is 7.56. The van der Waals surface area contributed by atoms with Crippen molar-refractivity contribution in [3.8, 4) is 0 Å². The molecule has 23 heavy (non-hydrogen) atoms. The first kappa shape index (κ1) is 17.7. The summed E-state index contributed by atoms with van der Waals surface area (Å²) >= 11 is 0. The van der Waals surface area contributed by atoms with Gasteiger partial charge in [-0.05, 0) is 57.9 Å². The maximum Gasteiger partial charge on any atom is 0.410 e. The Morgan fingerprint density at radius 3 is 2.48 bits per heavy atom. The molecule has 0 radical (unpaired) electrons. The first-order chi connectivity index (χ1) is 10.6.